The number of fused-ring (bicyclic) bond motifs is 3. The molecule has 0 aromatic heterocycles. The summed E-state index contributed by atoms with van der Waals surface area (Å²) in [7, 11) is 0. The number of hydrogen-bond donors (Lipinski definition) is 3. The van der Waals surface area contributed by atoms with Gasteiger partial charge in [-0.15, -0.1) is 0 Å². The Morgan fingerprint density at radius 3 is 2.13 bits per heavy atom. The number of carboxylic acids is 1. The number of nitrogens with one attached hydrogen (secondary N) is 2. The van der Waals surface area contributed by atoms with Gasteiger partial charge in [-0.1, -0.05) is 61.4 Å². The first-order valence-electron chi connectivity index (χ1n) is 10.7. The topological polar surface area (TPSA) is 105 Å². The van der Waals surface area contributed by atoms with Gasteiger partial charge >= 0.3 is 12.1 Å². The number of ether oxygens (including phenoxy) is 1. The predicted octanol–water partition coefficient (Wildman–Crippen LogP) is 3.28. The van der Waals surface area contributed by atoms with Crippen molar-refractivity contribution in [3.8, 4) is 11.1 Å². The van der Waals surface area contributed by atoms with Gasteiger partial charge in [0.2, 0.25) is 5.91 Å². The smallest absolute Gasteiger partial charge is 0.407 e. The molecule has 0 spiro atoms. The fourth-order valence-corrected chi connectivity index (χ4v) is 4.73. The van der Waals surface area contributed by atoms with Crippen LogP contribution in [0.25, 0.3) is 11.1 Å². The average molecular weight is 422 g/mol. The minimum absolute atomic E-state index is 0.0192. The first-order chi connectivity index (χ1) is 15.0. The van der Waals surface area contributed by atoms with E-state index in [-0.39, 0.29) is 18.4 Å². The molecule has 3 N–H and O–H groups in total. The van der Waals surface area contributed by atoms with Crippen LogP contribution in [0, 0.1) is 5.92 Å². The van der Waals surface area contributed by atoms with Crippen LogP contribution >= 0.6 is 0 Å². The van der Waals surface area contributed by atoms with Crippen molar-refractivity contribution in [1.82, 2.24) is 10.6 Å². The van der Waals surface area contributed by atoms with E-state index in [0.717, 1.165) is 47.9 Å². The summed E-state index contributed by atoms with van der Waals surface area (Å²) in [5, 5.41) is 13.9. The highest BCUT2D eigenvalue weighted by Crippen LogP contribution is 2.44. The van der Waals surface area contributed by atoms with Crippen molar-refractivity contribution in [3.05, 3.63) is 59.7 Å². The normalized spacial score (nSPS) is 16.3. The molecular formula is C24H26N2O5. The standard InChI is InChI=1S/C24H26N2O5/c27-21(28)13-25-23(29)22(15-7-1-2-8-15)26-24(30)31-14-20-18-11-5-3-9-16(18)17-10-4-6-12-19(17)20/h3-6,9-12,15,20,22H,1-2,7-8,13-14H2,(H,25,29)(H,26,30)(H,27,28). The van der Waals surface area contributed by atoms with Crippen molar-refractivity contribution >= 4 is 18.0 Å². The molecule has 7 nitrogen and oxygen atoms in total. The van der Waals surface area contributed by atoms with E-state index in [1.165, 1.54) is 0 Å². The lowest BCUT2D eigenvalue weighted by atomic mass is 9.97. The molecule has 0 bridgehead atoms. The molecule has 2 aromatic carbocycles. The van der Waals surface area contributed by atoms with E-state index in [4.69, 9.17) is 9.84 Å². The SMILES string of the molecule is O=C(O)CNC(=O)C(NC(=O)OCC1c2ccccc2-c2ccccc21)C1CCCC1. The number of aliphatic carboxylic acids is 1. The highest BCUT2D eigenvalue weighted by molar-refractivity contribution is 5.88. The zero-order chi connectivity index (χ0) is 21.8. The molecule has 2 aromatic rings. The summed E-state index contributed by atoms with van der Waals surface area (Å²) in [6.07, 6.45) is 2.94. The summed E-state index contributed by atoms with van der Waals surface area (Å²) in [4.78, 5) is 35.9. The lowest BCUT2D eigenvalue weighted by Crippen LogP contribution is -2.51. The number of carbonyl (C=O) groups is 3. The lowest BCUT2D eigenvalue weighted by Gasteiger charge is -2.24. The van der Waals surface area contributed by atoms with E-state index in [1.54, 1.807) is 0 Å². The van der Waals surface area contributed by atoms with Gasteiger partial charge in [-0.3, -0.25) is 9.59 Å². The van der Waals surface area contributed by atoms with E-state index in [1.807, 2.05) is 36.4 Å². The van der Waals surface area contributed by atoms with Crippen LogP contribution in [0.5, 0.6) is 0 Å². The fraction of sp³-hybridized carbons (Fsp3) is 0.375. The molecule has 0 saturated heterocycles. The molecule has 1 atom stereocenters. The average Bonchev–Trinajstić information content (AvgIpc) is 3.41. The summed E-state index contributed by atoms with van der Waals surface area (Å²) in [6.45, 7) is -0.317. The third-order valence-corrected chi connectivity index (χ3v) is 6.18. The Bertz CT molecular complexity index is 938. The molecular weight excluding hydrogens is 396 g/mol. The lowest BCUT2D eigenvalue weighted by molar-refractivity contribution is -0.138. The molecule has 0 radical (unpaired) electrons. The molecule has 2 amide bonds. The van der Waals surface area contributed by atoms with Gasteiger partial charge in [-0.25, -0.2) is 4.79 Å². The Labute approximate surface area is 180 Å². The zero-order valence-electron chi connectivity index (χ0n) is 17.2. The second kappa shape index (κ2) is 9.20. The molecule has 2 aliphatic rings. The molecule has 1 saturated carbocycles. The first kappa shape index (κ1) is 20.9. The summed E-state index contributed by atoms with van der Waals surface area (Å²) in [6, 6.07) is 15.4. The molecule has 1 unspecified atom stereocenters. The van der Waals surface area contributed by atoms with Gasteiger partial charge in [-0.05, 0) is 41.0 Å². The number of benzene rings is 2. The van der Waals surface area contributed by atoms with Crippen molar-refractivity contribution in [1.29, 1.82) is 0 Å². The zero-order valence-corrected chi connectivity index (χ0v) is 17.2. The predicted molar refractivity (Wildman–Crippen MR) is 115 cm³/mol. The van der Waals surface area contributed by atoms with Crippen LogP contribution < -0.4 is 10.6 Å². The number of amides is 2. The van der Waals surface area contributed by atoms with Gasteiger partial charge in [0.05, 0.1) is 0 Å². The maximum absolute atomic E-state index is 12.6. The van der Waals surface area contributed by atoms with Gasteiger partial charge in [0.15, 0.2) is 0 Å². The van der Waals surface area contributed by atoms with E-state index in [9.17, 15) is 14.4 Å². The summed E-state index contributed by atoms with van der Waals surface area (Å²) in [5.74, 6) is -1.69. The fourth-order valence-electron chi connectivity index (χ4n) is 4.73. The Morgan fingerprint density at radius 2 is 1.55 bits per heavy atom. The maximum Gasteiger partial charge on any atom is 0.407 e. The number of carbonyl (C=O) groups excluding carboxylic acids is 2. The molecule has 4 rings (SSSR count). The van der Waals surface area contributed by atoms with Crippen molar-refractivity contribution in [2.75, 3.05) is 13.2 Å². The highest BCUT2D eigenvalue weighted by Gasteiger charge is 2.34. The molecule has 31 heavy (non-hydrogen) atoms. The van der Waals surface area contributed by atoms with Crippen LogP contribution in [-0.4, -0.2) is 42.3 Å². The minimum Gasteiger partial charge on any atom is -0.480 e. The van der Waals surface area contributed by atoms with Crippen LogP contribution in [0.3, 0.4) is 0 Å². The molecule has 0 heterocycles. The molecule has 0 aliphatic heterocycles. The Balaban J connectivity index is 1.43. The third-order valence-electron chi connectivity index (χ3n) is 6.18. The summed E-state index contributed by atoms with van der Waals surface area (Å²) >= 11 is 0. The Morgan fingerprint density at radius 1 is 0.968 bits per heavy atom. The largest absolute Gasteiger partial charge is 0.480 e. The Kier molecular flexibility index (Phi) is 6.21. The van der Waals surface area contributed by atoms with E-state index in [2.05, 4.69) is 22.8 Å². The van der Waals surface area contributed by atoms with Gasteiger partial charge in [0.1, 0.15) is 19.2 Å². The van der Waals surface area contributed by atoms with Crippen LogP contribution in [0.4, 0.5) is 4.79 Å². The van der Waals surface area contributed by atoms with Gasteiger partial charge in [-0.2, -0.15) is 0 Å². The summed E-state index contributed by atoms with van der Waals surface area (Å²) < 4.78 is 5.56. The van der Waals surface area contributed by atoms with Crippen LogP contribution in [0.15, 0.2) is 48.5 Å². The van der Waals surface area contributed by atoms with E-state index in [0.29, 0.717) is 0 Å². The summed E-state index contributed by atoms with van der Waals surface area (Å²) in [5.41, 5.74) is 4.51. The van der Waals surface area contributed by atoms with Crippen molar-refractivity contribution in [2.45, 2.75) is 37.6 Å². The van der Waals surface area contributed by atoms with Crippen LogP contribution in [-0.2, 0) is 14.3 Å². The number of hydrogen-bond acceptors (Lipinski definition) is 4. The van der Waals surface area contributed by atoms with Gasteiger partial charge in [0, 0.05) is 5.92 Å². The highest BCUT2D eigenvalue weighted by atomic mass is 16.5. The minimum atomic E-state index is -1.13. The van der Waals surface area contributed by atoms with Gasteiger partial charge < -0.3 is 20.5 Å². The van der Waals surface area contributed by atoms with Crippen LogP contribution in [0.1, 0.15) is 42.7 Å². The third kappa shape index (κ3) is 4.55. The van der Waals surface area contributed by atoms with E-state index < -0.39 is 30.6 Å². The molecule has 162 valence electrons. The molecule has 1 fully saturated rings. The first-order valence-corrected chi connectivity index (χ1v) is 10.7. The second-order valence-corrected chi connectivity index (χ2v) is 8.10. The van der Waals surface area contributed by atoms with Crippen LogP contribution in [0.2, 0.25) is 0 Å². The monoisotopic (exact) mass is 422 g/mol. The number of rotatable bonds is 7. The second-order valence-electron chi connectivity index (χ2n) is 8.10. The van der Waals surface area contributed by atoms with Gasteiger partial charge in [0.25, 0.3) is 0 Å². The van der Waals surface area contributed by atoms with Crippen molar-refractivity contribution in [2.24, 2.45) is 5.92 Å². The maximum atomic E-state index is 12.6. The number of alkyl carbamates (subject to hydrolysis) is 1. The molecule has 7 heteroatoms. The number of carboxylic acid groups (broad SMARTS) is 1. The van der Waals surface area contributed by atoms with E-state index >= 15 is 0 Å². The Hall–Kier alpha value is -3.35. The molecule has 2 aliphatic carbocycles. The van der Waals surface area contributed by atoms with Crippen molar-refractivity contribution < 1.29 is 24.2 Å². The quantitative estimate of drug-likeness (QED) is 0.635. The van der Waals surface area contributed by atoms with Crippen molar-refractivity contribution in [3.63, 3.8) is 0 Å².